The number of carbonyl (C=O) groups is 1. The quantitative estimate of drug-likeness (QED) is 0.775. The third kappa shape index (κ3) is 3.79. The summed E-state index contributed by atoms with van der Waals surface area (Å²) < 4.78 is 0. The van der Waals surface area contributed by atoms with Crippen LogP contribution in [0.25, 0.3) is 0 Å². The van der Waals surface area contributed by atoms with E-state index in [4.69, 9.17) is 0 Å². The number of hydrogen-bond acceptors (Lipinski definition) is 5. The Morgan fingerprint density at radius 2 is 2.07 bits per heavy atom. The molecule has 0 atom stereocenters. The Kier molecular flexibility index (Phi) is 4.78. The predicted octanol–water partition coefficient (Wildman–Crippen LogP) is 3.19. The molecule has 0 fully saturated rings. The first-order chi connectivity index (χ1) is 13.2. The van der Waals surface area contributed by atoms with Crippen molar-refractivity contribution in [1.29, 1.82) is 0 Å². The van der Waals surface area contributed by atoms with Crippen molar-refractivity contribution in [1.82, 2.24) is 20.3 Å². The smallest absolute Gasteiger partial charge is 0.270 e. The summed E-state index contributed by atoms with van der Waals surface area (Å²) >= 11 is 0. The van der Waals surface area contributed by atoms with Gasteiger partial charge in [-0.2, -0.15) is 0 Å². The van der Waals surface area contributed by atoms with Crippen molar-refractivity contribution in [2.24, 2.45) is 0 Å². The number of rotatable bonds is 4. The van der Waals surface area contributed by atoms with E-state index < -0.39 is 0 Å². The van der Waals surface area contributed by atoms with Gasteiger partial charge in [0, 0.05) is 36.9 Å². The SMILES string of the molecule is Cc1cc(C(=O)NCc2cccnc2)nc(N2CCCc3ccccc32)n1. The summed E-state index contributed by atoms with van der Waals surface area (Å²) in [6.45, 7) is 3.15. The summed E-state index contributed by atoms with van der Waals surface area (Å²) in [4.78, 5) is 27.9. The largest absolute Gasteiger partial charge is 0.347 e. The number of aromatic nitrogens is 3. The molecule has 1 N–H and O–H groups in total. The molecule has 0 saturated heterocycles. The van der Waals surface area contributed by atoms with Gasteiger partial charge in [-0.3, -0.25) is 9.78 Å². The fourth-order valence-corrected chi connectivity index (χ4v) is 3.31. The molecule has 2 aromatic heterocycles. The van der Waals surface area contributed by atoms with Gasteiger partial charge in [0.15, 0.2) is 0 Å². The molecule has 3 aromatic rings. The van der Waals surface area contributed by atoms with Crippen molar-refractivity contribution in [3.8, 4) is 0 Å². The van der Waals surface area contributed by atoms with Gasteiger partial charge in [0.25, 0.3) is 5.91 Å². The van der Waals surface area contributed by atoms with Crippen LogP contribution in [-0.4, -0.2) is 27.4 Å². The summed E-state index contributed by atoms with van der Waals surface area (Å²) in [6.07, 6.45) is 5.54. The molecule has 0 spiro atoms. The van der Waals surface area contributed by atoms with E-state index in [0.29, 0.717) is 18.2 Å². The Morgan fingerprint density at radius 3 is 2.93 bits per heavy atom. The maximum absolute atomic E-state index is 12.6. The van der Waals surface area contributed by atoms with Gasteiger partial charge in [0.1, 0.15) is 5.69 Å². The van der Waals surface area contributed by atoms with Crippen LogP contribution in [0, 0.1) is 6.92 Å². The molecule has 3 heterocycles. The summed E-state index contributed by atoms with van der Waals surface area (Å²) in [5.41, 5.74) is 4.51. The number of fused-ring (bicyclic) bond motifs is 1. The lowest BCUT2D eigenvalue weighted by Crippen LogP contribution is -2.29. The molecule has 136 valence electrons. The Labute approximate surface area is 158 Å². The number of amides is 1. The third-order valence-electron chi connectivity index (χ3n) is 4.60. The summed E-state index contributed by atoms with van der Waals surface area (Å²) in [7, 11) is 0. The van der Waals surface area contributed by atoms with Crippen molar-refractivity contribution in [3.05, 3.63) is 77.4 Å². The van der Waals surface area contributed by atoms with Crippen LogP contribution >= 0.6 is 0 Å². The van der Waals surface area contributed by atoms with Crippen molar-refractivity contribution in [3.63, 3.8) is 0 Å². The zero-order valence-electron chi connectivity index (χ0n) is 15.2. The van der Waals surface area contributed by atoms with E-state index in [1.54, 1.807) is 18.5 Å². The maximum Gasteiger partial charge on any atom is 0.270 e. The monoisotopic (exact) mass is 359 g/mol. The summed E-state index contributed by atoms with van der Waals surface area (Å²) in [5.74, 6) is 0.365. The number of aryl methyl sites for hydroxylation is 2. The van der Waals surface area contributed by atoms with Gasteiger partial charge in [-0.05, 0) is 49.1 Å². The molecule has 1 aliphatic heterocycles. The lowest BCUT2D eigenvalue weighted by atomic mass is 10.0. The summed E-state index contributed by atoms with van der Waals surface area (Å²) in [6, 6.07) is 13.8. The van der Waals surface area contributed by atoms with Crippen LogP contribution in [0.1, 0.15) is 33.7 Å². The number of anilines is 2. The Hall–Kier alpha value is -3.28. The average molecular weight is 359 g/mol. The van der Waals surface area contributed by atoms with Crippen LogP contribution in [0.3, 0.4) is 0 Å². The van der Waals surface area contributed by atoms with Crippen molar-refractivity contribution in [2.75, 3.05) is 11.4 Å². The number of nitrogens with zero attached hydrogens (tertiary/aromatic N) is 4. The predicted molar refractivity (Wildman–Crippen MR) is 104 cm³/mol. The second-order valence-electron chi connectivity index (χ2n) is 6.62. The minimum atomic E-state index is -0.212. The standard InChI is InChI=1S/C21H21N5O/c1-15-12-18(20(27)23-14-16-6-4-10-22-13-16)25-21(24-15)26-11-5-8-17-7-2-3-9-19(17)26/h2-4,6-7,9-10,12-13H,5,8,11,14H2,1H3,(H,23,27). The van der Waals surface area contributed by atoms with Crippen molar-refractivity contribution < 1.29 is 4.79 Å². The van der Waals surface area contributed by atoms with E-state index in [1.807, 2.05) is 25.1 Å². The normalized spacial score (nSPS) is 13.1. The van der Waals surface area contributed by atoms with Crippen LogP contribution < -0.4 is 10.2 Å². The molecule has 0 unspecified atom stereocenters. The van der Waals surface area contributed by atoms with Gasteiger partial charge in [-0.25, -0.2) is 9.97 Å². The number of carbonyl (C=O) groups excluding carboxylic acids is 1. The zero-order chi connectivity index (χ0) is 18.6. The van der Waals surface area contributed by atoms with E-state index in [2.05, 4.69) is 43.4 Å². The van der Waals surface area contributed by atoms with Crippen molar-refractivity contribution in [2.45, 2.75) is 26.3 Å². The maximum atomic E-state index is 12.6. The molecule has 6 nitrogen and oxygen atoms in total. The molecule has 1 amide bonds. The fraction of sp³-hybridized carbons (Fsp3) is 0.238. The van der Waals surface area contributed by atoms with E-state index in [-0.39, 0.29) is 5.91 Å². The molecule has 0 radical (unpaired) electrons. The molecule has 27 heavy (non-hydrogen) atoms. The first kappa shape index (κ1) is 17.1. The number of hydrogen-bond donors (Lipinski definition) is 1. The Morgan fingerprint density at radius 1 is 1.19 bits per heavy atom. The number of pyridine rings is 1. The number of para-hydroxylation sites is 1. The Bertz CT molecular complexity index is 958. The first-order valence-corrected chi connectivity index (χ1v) is 9.09. The third-order valence-corrected chi connectivity index (χ3v) is 4.60. The van der Waals surface area contributed by atoms with Crippen LogP contribution in [0.4, 0.5) is 11.6 Å². The highest BCUT2D eigenvalue weighted by molar-refractivity contribution is 5.92. The number of nitrogens with one attached hydrogen (secondary N) is 1. The topological polar surface area (TPSA) is 71.0 Å². The molecule has 0 aliphatic carbocycles. The average Bonchev–Trinajstić information content (AvgIpc) is 2.72. The van der Waals surface area contributed by atoms with Gasteiger partial charge in [0.2, 0.25) is 5.95 Å². The van der Waals surface area contributed by atoms with Crippen LogP contribution in [-0.2, 0) is 13.0 Å². The fourth-order valence-electron chi connectivity index (χ4n) is 3.31. The molecule has 0 saturated carbocycles. The molecule has 4 rings (SSSR count). The molecule has 1 aliphatic rings. The second kappa shape index (κ2) is 7.53. The van der Waals surface area contributed by atoms with E-state index in [0.717, 1.165) is 36.3 Å². The lowest BCUT2D eigenvalue weighted by Gasteiger charge is -2.29. The van der Waals surface area contributed by atoms with Crippen LogP contribution in [0.15, 0.2) is 54.9 Å². The highest BCUT2D eigenvalue weighted by Gasteiger charge is 2.21. The van der Waals surface area contributed by atoms with Gasteiger partial charge in [-0.1, -0.05) is 24.3 Å². The minimum absolute atomic E-state index is 0.212. The zero-order valence-corrected chi connectivity index (χ0v) is 15.2. The van der Waals surface area contributed by atoms with Gasteiger partial charge in [0.05, 0.1) is 0 Å². The van der Waals surface area contributed by atoms with Gasteiger partial charge < -0.3 is 10.2 Å². The molecular weight excluding hydrogens is 338 g/mol. The summed E-state index contributed by atoms with van der Waals surface area (Å²) in [5, 5.41) is 2.90. The van der Waals surface area contributed by atoms with E-state index >= 15 is 0 Å². The lowest BCUT2D eigenvalue weighted by molar-refractivity contribution is 0.0945. The van der Waals surface area contributed by atoms with Crippen LogP contribution in [0.2, 0.25) is 0 Å². The van der Waals surface area contributed by atoms with Crippen molar-refractivity contribution >= 4 is 17.5 Å². The first-order valence-electron chi connectivity index (χ1n) is 9.09. The molecule has 1 aromatic carbocycles. The molecule has 0 bridgehead atoms. The highest BCUT2D eigenvalue weighted by atomic mass is 16.1. The van der Waals surface area contributed by atoms with E-state index in [9.17, 15) is 4.79 Å². The minimum Gasteiger partial charge on any atom is -0.347 e. The molecular formula is C21H21N5O. The van der Waals surface area contributed by atoms with Gasteiger partial charge >= 0.3 is 0 Å². The highest BCUT2D eigenvalue weighted by Crippen LogP contribution is 2.31. The molecule has 6 heteroatoms. The van der Waals surface area contributed by atoms with Gasteiger partial charge in [-0.15, -0.1) is 0 Å². The number of benzene rings is 1. The van der Waals surface area contributed by atoms with Crippen LogP contribution in [0.5, 0.6) is 0 Å². The second-order valence-corrected chi connectivity index (χ2v) is 6.62. The van der Waals surface area contributed by atoms with E-state index in [1.165, 1.54) is 5.56 Å². The Balaban J connectivity index is 1.58.